The van der Waals surface area contributed by atoms with Gasteiger partial charge >= 0.3 is 0 Å². The lowest BCUT2D eigenvalue weighted by atomic mass is 9.85. The number of hydrogen-bond acceptors (Lipinski definition) is 6. The lowest BCUT2D eigenvalue weighted by molar-refractivity contribution is -0.124. The van der Waals surface area contributed by atoms with Crippen LogP contribution in [0.25, 0.3) is 11.1 Å². The lowest BCUT2D eigenvalue weighted by Gasteiger charge is -2.22. The van der Waals surface area contributed by atoms with E-state index in [2.05, 4.69) is 24.3 Å². The van der Waals surface area contributed by atoms with Gasteiger partial charge in [0.25, 0.3) is 0 Å². The monoisotopic (exact) mass is 536 g/mol. The predicted molar refractivity (Wildman–Crippen MR) is 145 cm³/mol. The lowest BCUT2D eigenvalue weighted by Crippen LogP contribution is -2.33. The van der Waals surface area contributed by atoms with Gasteiger partial charge in [0.05, 0.1) is 49.3 Å². The SMILES string of the molecule is COc1cc(-c2ccc(N3C(=O)[C@@H]4[C@H](C3=O)[C@H]3C=C[C@H]4C3)c(OC)c2)ccc1N1C(=O)[C@@H]2[C@@H](C1=O)[C@H]1C=C[C@H]2C1. The number of amides is 4. The molecule has 2 aromatic carbocycles. The summed E-state index contributed by atoms with van der Waals surface area (Å²) in [7, 11) is 3.04. The number of benzene rings is 2. The Bertz CT molecular complexity index is 1410. The average Bonchev–Trinajstić information content (AvgIpc) is 3.81. The molecule has 202 valence electrons. The second-order valence-electron chi connectivity index (χ2n) is 11.8. The van der Waals surface area contributed by atoms with Gasteiger partial charge in [0.2, 0.25) is 23.6 Å². The summed E-state index contributed by atoms with van der Waals surface area (Å²) in [5.74, 6) is -0.399. The van der Waals surface area contributed by atoms with Gasteiger partial charge in [-0.15, -0.1) is 0 Å². The Balaban J connectivity index is 1.11. The van der Waals surface area contributed by atoms with Crippen molar-refractivity contribution < 1.29 is 28.7 Å². The normalized spacial score (nSPS) is 34.5. The fourth-order valence-electron chi connectivity index (χ4n) is 8.36. The molecule has 0 spiro atoms. The largest absolute Gasteiger partial charge is 0.495 e. The number of methoxy groups -OCH3 is 2. The summed E-state index contributed by atoms with van der Waals surface area (Å²) in [6, 6.07) is 10.8. The van der Waals surface area contributed by atoms with Crippen molar-refractivity contribution in [3.05, 3.63) is 60.7 Å². The molecule has 4 fully saturated rings. The zero-order chi connectivity index (χ0) is 27.4. The number of imide groups is 2. The Morgan fingerprint density at radius 1 is 0.550 bits per heavy atom. The molecular weight excluding hydrogens is 508 g/mol. The van der Waals surface area contributed by atoms with Crippen LogP contribution in [0.1, 0.15) is 12.8 Å². The van der Waals surface area contributed by atoms with Gasteiger partial charge in [0, 0.05) is 0 Å². The second-order valence-corrected chi connectivity index (χ2v) is 11.8. The van der Waals surface area contributed by atoms with E-state index in [0.717, 1.165) is 24.0 Å². The summed E-state index contributed by atoms with van der Waals surface area (Å²) < 4.78 is 11.3. The van der Waals surface area contributed by atoms with Crippen molar-refractivity contribution in [3.8, 4) is 22.6 Å². The molecule has 0 unspecified atom stereocenters. The van der Waals surface area contributed by atoms with Crippen LogP contribution in [0.5, 0.6) is 11.5 Å². The van der Waals surface area contributed by atoms with Gasteiger partial charge in [0.1, 0.15) is 11.5 Å². The highest BCUT2D eigenvalue weighted by Gasteiger charge is 2.61. The van der Waals surface area contributed by atoms with Gasteiger partial charge in [-0.25, -0.2) is 9.80 Å². The van der Waals surface area contributed by atoms with Crippen LogP contribution in [0.4, 0.5) is 11.4 Å². The minimum absolute atomic E-state index is 0.132. The standard InChI is InChI=1S/C32H28N2O6/c1-39-23-13-15(7-9-21(23)33-29(35)25-17-3-4-18(11-17)26(25)30(33)36)16-8-10-22(24(14-16)40-2)34-31(37)27-19-5-6-20(12-19)28(27)32(34)38/h3-10,13-14,17-20,25-28H,11-12H2,1-2H3/t17-,18-,19-,20-,25-,26-,27-,28+/m0/s1. The van der Waals surface area contributed by atoms with E-state index >= 15 is 0 Å². The summed E-state index contributed by atoms with van der Waals surface area (Å²) in [5, 5.41) is 0. The number of anilines is 2. The third-order valence-electron chi connectivity index (χ3n) is 10.1. The van der Waals surface area contributed by atoms with Crippen molar-refractivity contribution in [1.82, 2.24) is 0 Å². The first-order chi connectivity index (χ1) is 19.4. The molecule has 8 rings (SSSR count). The van der Waals surface area contributed by atoms with Gasteiger partial charge in [0.15, 0.2) is 0 Å². The number of carbonyl (C=O) groups is 4. The molecule has 4 bridgehead atoms. The highest BCUT2D eigenvalue weighted by atomic mass is 16.5. The molecule has 2 aromatic rings. The quantitative estimate of drug-likeness (QED) is 0.424. The highest BCUT2D eigenvalue weighted by Crippen LogP contribution is 2.55. The Morgan fingerprint density at radius 3 is 1.18 bits per heavy atom. The van der Waals surface area contributed by atoms with Crippen LogP contribution >= 0.6 is 0 Å². The van der Waals surface area contributed by atoms with Gasteiger partial charge in [-0.05, 0) is 71.9 Å². The van der Waals surface area contributed by atoms with E-state index in [1.54, 1.807) is 24.3 Å². The summed E-state index contributed by atoms with van der Waals surface area (Å²) in [5.41, 5.74) is 2.46. The number of fused-ring (bicyclic) bond motifs is 10. The second kappa shape index (κ2) is 8.16. The number of nitrogens with zero attached hydrogens (tertiary/aromatic N) is 2. The molecule has 8 heteroatoms. The van der Waals surface area contributed by atoms with E-state index < -0.39 is 0 Å². The average molecular weight is 537 g/mol. The molecule has 40 heavy (non-hydrogen) atoms. The van der Waals surface area contributed by atoms with E-state index in [0.29, 0.717) is 22.9 Å². The van der Waals surface area contributed by atoms with Crippen LogP contribution in [-0.2, 0) is 19.2 Å². The number of ether oxygens (including phenoxy) is 2. The van der Waals surface area contributed by atoms with E-state index in [9.17, 15) is 19.2 Å². The summed E-state index contributed by atoms with van der Waals surface area (Å²) in [4.78, 5) is 56.1. The molecule has 8 nitrogen and oxygen atoms in total. The Labute approximate surface area is 231 Å². The Morgan fingerprint density at radius 2 is 0.875 bits per heavy atom. The van der Waals surface area contributed by atoms with Gasteiger partial charge in [-0.3, -0.25) is 19.2 Å². The third-order valence-corrected chi connectivity index (χ3v) is 10.1. The van der Waals surface area contributed by atoms with Crippen molar-refractivity contribution in [2.45, 2.75) is 12.8 Å². The fourth-order valence-corrected chi connectivity index (χ4v) is 8.36. The molecule has 8 atom stereocenters. The molecule has 2 aliphatic heterocycles. The van der Waals surface area contributed by atoms with Crippen LogP contribution in [0, 0.1) is 47.3 Å². The smallest absolute Gasteiger partial charge is 0.238 e. The van der Waals surface area contributed by atoms with Crippen molar-refractivity contribution in [1.29, 1.82) is 0 Å². The van der Waals surface area contributed by atoms with E-state index in [1.165, 1.54) is 24.0 Å². The van der Waals surface area contributed by atoms with Crippen LogP contribution in [0.15, 0.2) is 60.7 Å². The first-order valence-electron chi connectivity index (χ1n) is 13.9. The van der Waals surface area contributed by atoms with Crippen molar-refractivity contribution in [2.75, 3.05) is 24.0 Å². The van der Waals surface area contributed by atoms with Crippen LogP contribution in [-0.4, -0.2) is 37.8 Å². The first-order valence-corrected chi connectivity index (χ1v) is 13.9. The molecule has 4 aliphatic carbocycles. The first kappa shape index (κ1) is 23.7. The topological polar surface area (TPSA) is 93.2 Å². The Kier molecular flexibility index (Phi) is 4.83. The molecule has 0 N–H and O–H groups in total. The van der Waals surface area contributed by atoms with Gasteiger partial charge in [-0.1, -0.05) is 36.4 Å². The third kappa shape index (κ3) is 2.91. The molecule has 0 radical (unpaired) electrons. The number of hydrogen-bond donors (Lipinski definition) is 0. The highest BCUT2D eigenvalue weighted by molar-refractivity contribution is 6.24. The van der Waals surface area contributed by atoms with E-state index in [-0.39, 0.29) is 71.0 Å². The van der Waals surface area contributed by atoms with Crippen LogP contribution < -0.4 is 19.3 Å². The minimum Gasteiger partial charge on any atom is -0.495 e. The molecule has 2 saturated carbocycles. The maximum Gasteiger partial charge on any atom is 0.238 e. The van der Waals surface area contributed by atoms with Crippen molar-refractivity contribution >= 4 is 35.0 Å². The van der Waals surface area contributed by atoms with Crippen LogP contribution in [0.3, 0.4) is 0 Å². The summed E-state index contributed by atoms with van der Waals surface area (Å²) in [6.45, 7) is 0. The van der Waals surface area contributed by atoms with Gasteiger partial charge < -0.3 is 9.47 Å². The number of rotatable bonds is 5. The molecule has 2 saturated heterocycles. The maximum atomic E-state index is 13.4. The van der Waals surface area contributed by atoms with Crippen molar-refractivity contribution in [2.24, 2.45) is 47.3 Å². The number of carbonyl (C=O) groups excluding carboxylic acids is 4. The zero-order valence-corrected chi connectivity index (χ0v) is 22.2. The zero-order valence-electron chi connectivity index (χ0n) is 22.2. The van der Waals surface area contributed by atoms with Gasteiger partial charge in [-0.2, -0.15) is 0 Å². The minimum atomic E-state index is -0.287. The molecule has 6 aliphatic rings. The molecular formula is C32H28N2O6. The maximum absolute atomic E-state index is 13.4. The fraction of sp³-hybridized carbons (Fsp3) is 0.375. The molecule has 0 aromatic heterocycles. The van der Waals surface area contributed by atoms with Crippen LogP contribution in [0.2, 0.25) is 0 Å². The van der Waals surface area contributed by atoms with E-state index in [4.69, 9.17) is 9.47 Å². The van der Waals surface area contributed by atoms with E-state index in [1.807, 2.05) is 12.1 Å². The Hall–Kier alpha value is -4.20. The predicted octanol–water partition coefficient (Wildman–Crippen LogP) is 3.99. The molecule has 2 heterocycles. The molecule has 4 amide bonds. The summed E-state index contributed by atoms with van der Waals surface area (Å²) >= 11 is 0. The number of allylic oxidation sites excluding steroid dienone is 4. The summed E-state index contributed by atoms with van der Waals surface area (Å²) in [6.07, 6.45) is 10.1. The van der Waals surface area contributed by atoms with Crippen molar-refractivity contribution in [3.63, 3.8) is 0 Å².